The van der Waals surface area contributed by atoms with Crippen LogP contribution in [0.3, 0.4) is 0 Å². The topological polar surface area (TPSA) is 64.8 Å². The molecule has 0 aliphatic rings. The summed E-state index contributed by atoms with van der Waals surface area (Å²) in [5.41, 5.74) is 1.83. The molecule has 0 bridgehead atoms. The molecule has 0 unspecified atom stereocenters. The van der Waals surface area contributed by atoms with Crippen molar-refractivity contribution in [2.45, 2.75) is 23.3 Å². The second kappa shape index (κ2) is 5.73. The highest BCUT2D eigenvalue weighted by Crippen LogP contribution is 2.21. The van der Waals surface area contributed by atoms with Gasteiger partial charge in [-0.2, -0.15) is 0 Å². The Morgan fingerprint density at radius 2 is 1.82 bits per heavy atom. The molecule has 1 aromatic carbocycles. The van der Waals surface area contributed by atoms with E-state index in [1.54, 1.807) is 36.9 Å². The third kappa shape index (κ3) is 2.92. The number of pyridine rings is 1. The van der Waals surface area contributed by atoms with Crippen LogP contribution in [0.2, 0.25) is 0 Å². The van der Waals surface area contributed by atoms with Crippen LogP contribution in [0.4, 0.5) is 0 Å². The number of hydrogen-bond acceptors (Lipinski definition) is 4. The van der Waals surface area contributed by atoms with E-state index in [-0.39, 0.29) is 9.79 Å². The summed E-state index contributed by atoms with van der Waals surface area (Å²) in [6.45, 7) is 2.48. The minimum absolute atomic E-state index is 0.217. The second-order valence-corrected chi connectivity index (χ2v) is 7.03. The molecule has 0 saturated carbocycles. The molecular weight excluding hydrogens is 298 g/mol. The summed E-state index contributed by atoms with van der Waals surface area (Å²) in [6.07, 6.45) is 8.31. The van der Waals surface area contributed by atoms with Crippen molar-refractivity contribution in [2.24, 2.45) is 0 Å². The van der Waals surface area contributed by atoms with Gasteiger partial charge in [-0.25, -0.2) is 13.4 Å². The monoisotopic (exact) mass is 313 g/mol. The molecular formula is C16H15N3O2S. The molecule has 0 radical (unpaired) electrons. The number of sulfone groups is 1. The highest BCUT2D eigenvalue weighted by atomic mass is 32.2. The van der Waals surface area contributed by atoms with Crippen molar-refractivity contribution in [1.29, 1.82) is 0 Å². The first-order valence-corrected chi connectivity index (χ1v) is 8.25. The lowest BCUT2D eigenvalue weighted by Gasteiger charge is -2.07. The Balaban J connectivity index is 1.89. The molecule has 0 fully saturated rings. The maximum atomic E-state index is 12.6. The van der Waals surface area contributed by atoms with Crippen LogP contribution in [0.15, 0.2) is 71.2 Å². The van der Waals surface area contributed by atoms with Crippen LogP contribution in [0.25, 0.3) is 0 Å². The van der Waals surface area contributed by atoms with Crippen LogP contribution in [0.5, 0.6) is 0 Å². The SMILES string of the molecule is Cc1cncc(S(=O)(=O)c2ccc(Cn3ccnc3)cc2)c1. The average Bonchev–Trinajstić information content (AvgIpc) is 3.01. The van der Waals surface area contributed by atoms with Gasteiger partial charge in [0.05, 0.1) is 16.1 Å². The van der Waals surface area contributed by atoms with Crippen LogP contribution in [0, 0.1) is 6.92 Å². The van der Waals surface area contributed by atoms with Crippen molar-refractivity contribution < 1.29 is 8.42 Å². The molecule has 3 rings (SSSR count). The fourth-order valence-electron chi connectivity index (χ4n) is 2.18. The largest absolute Gasteiger partial charge is 0.333 e. The quantitative estimate of drug-likeness (QED) is 0.742. The van der Waals surface area contributed by atoms with Gasteiger partial charge >= 0.3 is 0 Å². The van der Waals surface area contributed by atoms with Crippen LogP contribution < -0.4 is 0 Å². The predicted molar refractivity (Wildman–Crippen MR) is 82.2 cm³/mol. The molecule has 22 heavy (non-hydrogen) atoms. The van der Waals surface area contributed by atoms with E-state index in [1.807, 2.05) is 29.8 Å². The van der Waals surface area contributed by atoms with E-state index in [0.717, 1.165) is 11.1 Å². The van der Waals surface area contributed by atoms with Gasteiger partial charge < -0.3 is 4.57 Å². The first-order chi connectivity index (χ1) is 10.6. The summed E-state index contributed by atoms with van der Waals surface area (Å²) in [5, 5.41) is 0. The van der Waals surface area contributed by atoms with Gasteiger partial charge in [-0.05, 0) is 36.2 Å². The maximum Gasteiger partial charge on any atom is 0.208 e. The predicted octanol–water partition coefficient (Wildman–Crippen LogP) is 2.47. The molecule has 6 heteroatoms. The molecule has 0 N–H and O–H groups in total. The van der Waals surface area contributed by atoms with Gasteiger partial charge in [0.25, 0.3) is 0 Å². The molecule has 0 aliphatic heterocycles. The molecule has 0 saturated heterocycles. The zero-order valence-electron chi connectivity index (χ0n) is 12.0. The normalized spacial score (nSPS) is 11.5. The standard InChI is InChI=1S/C16H15N3O2S/c1-13-8-16(10-18-9-13)22(20,21)15-4-2-14(3-5-15)11-19-7-6-17-12-19/h2-10,12H,11H2,1H3. The Labute approximate surface area is 129 Å². The van der Waals surface area contributed by atoms with Gasteiger partial charge in [0.15, 0.2) is 0 Å². The second-order valence-electron chi connectivity index (χ2n) is 5.08. The highest BCUT2D eigenvalue weighted by Gasteiger charge is 2.17. The number of aromatic nitrogens is 3. The van der Waals surface area contributed by atoms with Crippen molar-refractivity contribution in [3.63, 3.8) is 0 Å². The van der Waals surface area contributed by atoms with E-state index >= 15 is 0 Å². The Bertz CT molecular complexity index is 870. The Kier molecular flexibility index (Phi) is 3.77. The van der Waals surface area contributed by atoms with E-state index in [9.17, 15) is 8.42 Å². The average molecular weight is 313 g/mol. The van der Waals surface area contributed by atoms with E-state index in [2.05, 4.69) is 9.97 Å². The molecule has 112 valence electrons. The van der Waals surface area contributed by atoms with Crippen molar-refractivity contribution >= 4 is 9.84 Å². The zero-order chi connectivity index (χ0) is 15.6. The van der Waals surface area contributed by atoms with E-state index < -0.39 is 9.84 Å². The number of benzene rings is 1. The minimum atomic E-state index is -3.52. The summed E-state index contributed by atoms with van der Waals surface area (Å²) in [5.74, 6) is 0. The van der Waals surface area contributed by atoms with E-state index in [4.69, 9.17) is 0 Å². The summed E-state index contributed by atoms with van der Waals surface area (Å²) in [7, 11) is -3.52. The Morgan fingerprint density at radius 1 is 1.05 bits per heavy atom. The summed E-state index contributed by atoms with van der Waals surface area (Å²) < 4.78 is 27.0. The van der Waals surface area contributed by atoms with Gasteiger partial charge in [0.1, 0.15) is 0 Å². The summed E-state index contributed by atoms with van der Waals surface area (Å²) in [4.78, 5) is 8.43. The lowest BCUT2D eigenvalue weighted by molar-refractivity contribution is 0.595. The number of rotatable bonds is 4. The highest BCUT2D eigenvalue weighted by molar-refractivity contribution is 7.91. The van der Waals surface area contributed by atoms with Gasteiger partial charge in [-0.3, -0.25) is 4.98 Å². The van der Waals surface area contributed by atoms with Crippen molar-refractivity contribution in [3.05, 3.63) is 72.6 Å². The molecule has 5 nitrogen and oxygen atoms in total. The van der Waals surface area contributed by atoms with Crippen LogP contribution in [0.1, 0.15) is 11.1 Å². The molecule has 2 aromatic heterocycles. The van der Waals surface area contributed by atoms with Crippen LogP contribution in [-0.4, -0.2) is 23.0 Å². The smallest absolute Gasteiger partial charge is 0.208 e. The third-order valence-corrected chi connectivity index (χ3v) is 5.05. The molecule has 0 aliphatic carbocycles. The molecule has 0 atom stereocenters. The van der Waals surface area contributed by atoms with Crippen LogP contribution in [-0.2, 0) is 16.4 Å². The Hall–Kier alpha value is -2.47. The van der Waals surface area contributed by atoms with Crippen molar-refractivity contribution in [3.8, 4) is 0 Å². The molecule has 2 heterocycles. The lowest BCUT2D eigenvalue weighted by atomic mass is 10.2. The lowest BCUT2D eigenvalue weighted by Crippen LogP contribution is -2.04. The van der Waals surface area contributed by atoms with E-state index in [1.165, 1.54) is 6.20 Å². The fraction of sp³-hybridized carbons (Fsp3) is 0.125. The van der Waals surface area contributed by atoms with Gasteiger partial charge in [0.2, 0.25) is 9.84 Å². The third-order valence-electron chi connectivity index (χ3n) is 3.32. The number of aryl methyl sites for hydroxylation is 1. The summed E-state index contributed by atoms with van der Waals surface area (Å²) in [6, 6.07) is 8.52. The van der Waals surface area contributed by atoms with Crippen molar-refractivity contribution in [1.82, 2.24) is 14.5 Å². The Morgan fingerprint density at radius 3 is 2.45 bits per heavy atom. The molecule has 0 amide bonds. The van der Waals surface area contributed by atoms with Crippen molar-refractivity contribution in [2.75, 3.05) is 0 Å². The summed E-state index contributed by atoms with van der Waals surface area (Å²) >= 11 is 0. The number of nitrogens with zero attached hydrogens (tertiary/aromatic N) is 3. The van der Waals surface area contributed by atoms with Gasteiger partial charge in [-0.15, -0.1) is 0 Å². The fourth-order valence-corrected chi connectivity index (χ4v) is 3.48. The first kappa shape index (κ1) is 14.5. The van der Waals surface area contributed by atoms with Crippen LogP contribution >= 0.6 is 0 Å². The number of imidazole rings is 1. The minimum Gasteiger partial charge on any atom is -0.333 e. The van der Waals surface area contributed by atoms with E-state index in [0.29, 0.717) is 6.54 Å². The number of hydrogen-bond donors (Lipinski definition) is 0. The first-order valence-electron chi connectivity index (χ1n) is 6.77. The maximum absolute atomic E-state index is 12.6. The molecule has 3 aromatic rings. The molecule has 0 spiro atoms. The van der Waals surface area contributed by atoms with Gasteiger partial charge in [0, 0.05) is 31.3 Å². The van der Waals surface area contributed by atoms with Gasteiger partial charge in [-0.1, -0.05) is 12.1 Å². The zero-order valence-corrected chi connectivity index (χ0v) is 12.9.